The van der Waals surface area contributed by atoms with Gasteiger partial charge in [-0.1, -0.05) is 18.2 Å². The molecular formula is C22H16F3N3O4. The van der Waals surface area contributed by atoms with Crippen molar-refractivity contribution in [3.63, 3.8) is 0 Å². The number of benzene rings is 2. The van der Waals surface area contributed by atoms with E-state index in [1.54, 1.807) is 24.3 Å². The molecule has 1 atom stereocenters. The lowest BCUT2D eigenvalue weighted by atomic mass is 10.0. The number of hydrogen-bond acceptors (Lipinski definition) is 4. The predicted octanol–water partition coefficient (Wildman–Crippen LogP) is 4.29. The Morgan fingerprint density at radius 1 is 1.06 bits per heavy atom. The van der Waals surface area contributed by atoms with E-state index in [-0.39, 0.29) is 11.4 Å². The van der Waals surface area contributed by atoms with Gasteiger partial charge in [-0.15, -0.1) is 0 Å². The second-order valence-electron chi connectivity index (χ2n) is 7.01. The van der Waals surface area contributed by atoms with Crippen LogP contribution in [0.3, 0.4) is 0 Å². The minimum atomic E-state index is -4.57. The number of amides is 3. The van der Waals surface area contributed by atoms with Crippen molar-refractivity contribution < 1.29 is 32.0 Å². The zero-order valence-electron chi connectivity index (χ0n) is 16.3. The Hall–Kier alpha value is -4.08. The molecular weight excluding hydrogens is 427 g/mol. The highest BCUT2D eigenvalue weighted by molar-refractivity contribution is 6.17. The maximum atomic E-state index is 13.1. The van der Waals surface area contributed by atoms with Crippen molar-refractivity contribution in [1.82, 2.24) is 0 Å². The third-order valence-corrected chi connectivity index (χ3v) is 4.84. The van der Waals surface area contributed by atoms with Gasteiger partial charge in [0, 0.05) is 5.69 Å². The van der Waals surface area contributed by atoms with Gasteiger partial charge in [-0.25, -0.2) is 0 Å². The molecule has 7 nitrogen and oxygen atoms in total. The van der Waals surface area contributed by atoms with E-state index in [9.17, 15) is 27.6 Å². The summed E-state index contributed by atoms with van der Waals surface area (Å²) in [6, 6.07) is 12.4. The number of carbonyl (C=O) groups excluding carboxylic acids is 3. The fourth-order valence-corrected chi connectivity index (χ4v) is 3.41. The molecule has 3 amide bonds. The van der Waals surface area contributed by atoms with Gasteiger partial charge in [0.05, 0.1) is 29.6 Å². The van der Waals surface area contributed by atoms with Gasteiger partial charge in [-0.3, -0.25) is 19.3 Å². The first-order chi connectivity index (χ1) is 15.2. The quantitative estimate of drug-likeness (QED) is 0.629. The van der Waals surface area contributed by atoms with Crippen molar-refractivity contribution in [3.05, 3.63) is 78.3 Å². The van der Waals surface area contributed by atoms with Crippen LogP contribution < -0.4 is 15.5 Å². The van der Waals surface area contributed by atoms with Crippen LogP contribution in [-0.4, -0.2) is 23.8 Å². The Morgan fingerprint density at radius 3 is 2.56 bits per heavy atom. The van der Waals surface area contributed by atoms with Gasteiger partial charge in [0.15, 0.2) is 5.76 Å². The monoisotopic (exact) mass is 443 g/mol. The van der Waals surface area contributed by atoms with Crippen LogP contribution in [0.1, 0.15) is 22.5 Å². The van der Waals surface area contributed by atoms with Crippen LogP contribution in [0.25, 0.3) is 0 Å². The molecule has 2 N–H and O–H groups in total. The molecule has 0 unspecified atom stereocenters. The molecule has 3 aromatic rings. The van der Waals surface area contributed by atoms with Crippen LogP contribution in [0.15, 0.2) is 71.3 Å². The predicted molar refractivity (Wildman–Crippen MR) is 109 cm³/mol. The number of anilines is 3. The number of furan rings is 1. The second kappa shape index (κ2) is 8.22. The van der Waals surface area contributed by atoms with Crippen LogP contribution in [0.4, 0.5) is 30.2 Å². The highest BCUT2D eigenvalue weighted by atomic mass is 19.4. The van der Waals surface area contributed by atoms with E-state index in [2.05, 4.69) is 10.6 Å². The van der Waals surface area contributed by atoms with E-state index in [0.29, 0.717) is 11.4 Å². The molecule has 164 valence electrons. The molecule has 2 aromatic carbocycles. The van der Waals surface area contributed by atoms with Crippen LogP contribution >= 0.6 is 0 Å². The van der Waals surface area contributed by atoms with E-state index in [1.165, 1.54) is 24.5 Å². The van der Waals surface area contributed by atoms with Gasteiger partial charge >= 0.3 is 6.18 Å². The van der Waals surface area contributed by atoms with E-state index in [0.717, 1.165) is 23.1 Å². The summed E-state index contributed by atoms with van der Waals surface area (Å²) in [5.41, 5.74) is -0.253. The fraction of sp³-hybridized carbons (Fsp3) is 0.136. The van der Waals surface area contributed by atoms with Crippen molar-refractivity contribution in [1.29, 1.82) is 0 Å². The Bertz CT molecular complexity index is 1180. The Labute approximate surface area is 179 Å². The van der Waals surface area contributed by atoms with Crippen LogP contribution in [-0.2, 0) is 15.8 Å². The van der Waals surface area contributed by atoms with E-state index in [1.807, 2.05) is 0 Å². The minimum Gasteiger partial charge on any atom is -0.459 e. The molecule has 0 radical (unpaired) electrons. The molecule has 0 bridgehead atoms. The number of rotatable bonds is 4. The molecule has 0 saturated heterocycles. The summed E-state index contributed by atoms with van der Waals surface area (Å²) >= 11 is 0. The first-order valence-electron chi connectivity index (χ1n) is 9.48. The SMILES string of the molecule is O=C(C[C@@H]1C(=O)Nc2ccccc2N1C(=O)c1ccco1)Nc1cccc(C(F)(F)F)c1. The lowest BCUT2D eigenvalue weighted by molar-refractivity contribution is -0.137. The highest BCUT2D eigenvalue weighted by Crippen LogP contribution is 2.34. The van der Waals surface area contributed by atoms with Gasteiger partial charge in [0.1, 0.15) is 6.04 Å². The van der Waals surface area contributed by atoms with Crippen molar-refractivity contribution in [2.75, 3.05) is 15.5 Å². The maximum Gasteiger partial charge on any atom is 0.416 e. The zero-order valence-corrected chi connectivity index (χ0v) is 16.3. The summed E-state index contributed by atoms with van der Waals surface area (Å²) in [6.07, 6.45) is -3.75. The average molecular weight is 443 g/mol. The summed E-state index contributed by atoms with van der Waals surface area (Å²) in [7, 11) is 0. The number of fused-ring (bicyclic) bond motifs is 1. The fourth-order valence-electron chi connectivity index (χ4n) is 3.41. The lowest BCUT2D eigenvalue weighted by Crippen LogP contribution is -2.52. The zero-order chi connectivity index (χ0) is 22.9. The summed E-state index contributed by atoms with van der Waals surface area (Å²) in [6.45, 7) is 0. The van der Waals surface area contributed by atoms with Gasteiger partial charge in [-0.05, 0) is 42.5 Å². The Kier molecular flexibility index (Phi) is 5.43. The summed E-state index contributed by atoms with van der Waals surface area (Å²) in [5, 5.41) is 5.01. The molecule has 0 spiro atoms. The Morgan fingerprint density at radius 2 is 1.84 bits per heavy atom. The Balaban J connectivity index is 1.60. The molecule has 1 aliphatic heterocycles. The van der Waals surface area contributed by atoms with E-state index in [4.69, 9.17) is 4.42 Å². The normalized spacial score (nSPS) is 15.7. The van der Waals surface area contributed by atoms with Gasteiger partial charge in [0.2, 0.25) is 11.8 Å². The van der Waals surface area contributed by atoms with Gasteiger partial charge in [0.25, 0.3) is 5.91 Å². The van der Waals surface area contributed by atoms with Crippen molar-refractivity contribution in [2.45, 2.75) is 18.6 Å². The summed E-state index contributed by atoms with van der Waals surface area (Å²) < 4.78 is 43.9. The van der Waals surface area contributed by atoms with Crippen LogP contribution in [0, 0.1) is 0 Å². The number of alkyl halides is 3. The summed E-state index contributed by atoms with van der Waals surface area (Å²) in [5.74, 6) is -2.00. The molecule has 0 aliphatic carbocycles. The average Bonchev–Trinajstić information content (AvgIpc) is 3.28. The topological polar surface area (TPSA) is 91.7 Å². The second-order valence-corrected chi connectivity index (χ2v) is 7.01. The maximum absolute atomic E-state index is 13.1. The van der Waals surface area contributed by atoms with Gasteiger partial charge in [-0.2, -0.15) is 13.2 Å². The molecule has 2 heterocycles. The van der Waals surface area contributed by atoms with Crippen molar-refractivity contribution in [2.24, 2.45) is 0 Å². The number of hydrogen-bond donors (Lipinski definition) is 2. The third kappa shape index (κ3) is 4.20. The van der Waals surface area contributed by atoms with Crippen molar-refractivity contribution in [3.8, 4) is 0 Å². The van der Waals surface area contributed by atoms with E-state index >= 15 is 0 Å². The molecule has 10 heteroatoms. The van der Waals surface area contributed by atoms with E-state index < -0.39 is 41.9 Å². The number of carbonyl (C=O) groups is 3. The molecule has 0 fully saturated rings. The first-order valence-corrected chi connectivity index (χ1v) is 9.48. The molecule has 0 saturated carbocycles. The largest absolute Gasteiger partial charge is 0.459 e. The standard InChI is InChI=1S/C22H16F3N3O4/c23-22(24,25)13-5-3-6-14(11-13)26-19(29)12-17-20(30)27-15-7-1-2-8-16(15)28(17)21(31)18-9-4-10-32-18/h1-11,17H,12H2,(H,26,29)(H,27,30)/t17-/m1/s1. The minimum absolute atomic E-state index is 0.0298. The molecule has 32 heavy (non-hydrogen) atoms. The first kappa shape index (κ1) is 21.2. The number of nitrogens with zero attached hydrogens (tertiary/aromatic N) is 1. The molecule has 1 aromatic heterocycles. The number of para-hydroxylation sites is 2. The highest BCUT2D eigenvalue weighted by Gasteiger charge is 2.39. The smallest absolute Gasteiger partial charge is 0.416 e. The van der Waals surface area contributed by atoms with Crippen molar-refractivity contribution >= 4 is 34.8 Å². The van der Waals surface area contributed by atoms with Crippen LogP contribution in [0.5, 0.6) is 0 Å². The molecule has 1 aliphatic rings. The van der Waals surface area contributed by atoms with Gasteiger partial charge < -0.3 is 15.1 Å². The molecule has 4 rings (SSSR count). The number of nitrogens with one attached hydrogen (secondary N) is 2. The third-order valence-electron chi connectivity index (χ3n) is 4.84. The number of halogens is 3. The van der Waals surface area contributed by atoms with Crippen LogP contribution in [0.2, 0.25) is 0 Å². The lowest BCUT2D eigenvalue weighted by Gasteiger charge is -2.35. The summed E-state index contributed by atoms with van der Waals surface area (Å²) in [4.78, 5) is 39.6.